The van der Waals surface area contributed by atoms with Crippen molar-refractivity contribution in [3.8, 4) is 0 Å². The molecule has 9 heteroatoms. The van der Waals surface area contributed by atoms with Crippen molar-refractivity contribution < 1.29 is 21.6 Å². The van der Waals surface area contributed by atoms with Gasteiger partial charge in [0.05, 0.1) is 10.5 Å². The maximum atomic E-state index is 12.5. The van der Waals surface area contributed by atoms with Crippen LogP contribution in [0, 0.1) is 0 Å². The second kappa shape index (κ2) is 7.16. The standard InChI is InChI=1S/C13H17F3N2O2S.ClH/c1-18(11-6-8-17-9-7-11)21(19,20)12-4-2-10(3-5-12)13(14,15)16;/h2-5,11,17H,6-9H2,1H3;1H. The van der Waals surface area contributed by atoms with Crippen molar-refractivity contribution in [1.82, 2.24) is 9.62 Å². The summed E-state index contributed by atoms with van der Waals surface area (Å²) in [7, 11) is -2.29. The van der Waals surface area contributed by atoms with Gasteiger partial charge in [0.2, 0.25) is 10.0 Å². The van der Waals surface area contributed by atoms with Crippen molar-refractivity contribution >= 4 is 22.4 Å². The van der Waals surface area contributed by atoms with Gasteiger partial charge >= 0.3 is 6.18 Å². The van der Waals surface area contributed by atoms with Crippen LogP contribution in [-0.4, -0.2) is 38.9 Å². The minimum absolute atomic E-state index is 0. The summed E-state index contributed by atoms with van der Waals surface area (Å²) in [4.78, 5) is -0.114. The maximum absolute atomic E-state index is 12.5. The topological polar surface area (TPSA) is 49.4 Å². The summed E-state index contributed by atoms with van der Waals surface area (Å²) in [5.74, 6) is 0. The van der Waals surface area contributed by atoms with Gasteiger partial charge in [-0.25, -0.2) is 8.42 Å². The maximum Gasteiger partial charge on any atom is 0.416 e. The van der Waals surface area contributed by atoms with E-state index in [9.17, 15) is 21.6 Å². The van der Waals surface area contributed by atoms with E-state index in [0.717, 1.165) is 37.4 Å². The number of hydrogen-bond donors (Lipinski definition) is 1. The summed E-state index contributed by atoms with van der Waals surface area (Å²) in [5, 5.41) is 3.14. The first kappa shape index (κ1) is 19.2. The Balaban J connectivity index is 0.00000242. The molecule has 1 aromatic rings. The lowest BCUT2D eigenvalue weighted by molar-refractivity contribution is -0.137. The smallest absolute Gasteiger partial charge is 0.317 e. The zero-order chi connectivity index (χ0) is 15.7. The molecule has 22 heavy (non-hydrogen) atoms. The number of piperidine rings is 1. The van der Waals surface area contributed by atoms with E-state index >= 15 is 0 Å². The number of benzene rings is 1. The van der Waals surface area contributed by atoms with E-state index in [0.29, 0.717) is 12.8 Å². The Bertz CT molecular complexity index is 584. The molecule has 0 aromatic heterocycles. The second-order valence-electron chi connectivity index (χ2n) is 5.02. The predicted molar refractivity (Wildman–Crippen MR) is 79.5 cm³/mol. The zero-order valence-corrected chi connectivity index (χ0v) is 13.6. The van der Waals surface area contributed by atoms with Crippen LogP contribution in [0.4, 0.5) is 13.2 Å². The normalized spacial score (nSPS) is 17.3. The minimum Gasteiger partial charge on any atom is -0.317 e. The van der Waals surface area contributed by atoms with Crippen molar-refractivity contribution in [2.24, 2.45) is 0 Å². The number of halogens is 4. The van der Waals surface area contributed by atoms with Gasteiger partial charge in [0.15, 0.2) is 0 Å². The van der Waals surface area contributed by atoms with Crippen molar-refractivity contribution in [3.63, 3.8) is 0 Å². The molecule has 0 atom stereocenters. The van der Waals surface area contributed by atoms with Crippen LogP contribution < -0.4 is 5.32 Å². The Hall–Kier alpha value is -0.830. The average Bonchev–Trinajstić information content (AvgIpc) is 2.46. The lowest BCUT2D eigenvalue weighted by Gasteiger charge is -2.30. The summed E-state index contributed by atoms with van der Waals surface area (Å²) in [6.07, 6.45) is -3.09. The molecule has 1 N–H and O–H groups in total. The van der Waals surface area contributed by atoms with Crippen molar-refractivity contribution in [2.75, 3.05) is 20.1 Å². The third kappa shape index (κ3) is 4.13. The van der Waals surface area contributed by atoms with Gasteiger partial charge in [-0.15, -0.1) is 12.4 Å². The van der Waals surface area contributed by atoms with Gasteiger partial charge in [0.1, 0.15) is 0 Å². The SMILES string of the molecule is CN(C1CCNCC1)S(=O)(=O)c1ccc(C(F)(F)F)cc1.Cl. The van der Waals surface area contributed by atoms with Crippen LogP contribution in [0.3, 0.4) is 0 Å². The van der Waals surface area contributed by atoms with Crippen LogP contribution in [0.2, 0.25) is 0 Å². The Morgan fingerprint density at radius 3 is 2.09 bits per heavy atom. The summed E-state index contributed by atoms with van der Waals surface area (Å²) in [6.45, 7) is 1.47. The molecular weight excluding hydrogens is 341 g/mol. The molecule has 0 saturated carbocycles. The van der Waals surface area contributed by atoms with Gasteiger partial charge in [-0.05, 0) is 50.2 Å². The molecule has 1 heterocycles. The Kier molecular flexibility index (Phi) is 6.26. The molecule has 2 rings (SSSR count). The van der Waals surface area contributed by atoms with E-state index in [4.69, 9.17) is 0 Å². The molecule has 0 amide bonds. The van der Waals surface area contributed by atoms with Crippen molar-refractivity contribution in [2.45, 2.75) is 30.0 Å². The monoisotopic (exact) mass is 358 g/mol. The molecule has 1 fully saturated rings. The summed E-state index contributed by atoms with van der Waals surface area (Å²) >= 11 is 0. The highest BCUT2D eigenvalue weighted by molar-refractivity contribution is 7.89. The molecule has 126 valence electrons. The first-order valence-electron chi connectivity index (χ1n) is 6.59. The summed E-state index contributed by atoms with van der Waals surface area (Å²) < 4.78 is 63.6. The van der Waals surface area contributed by atoms with E-state index in [2.05, 4.69) is 5.32 Å². The lowest BCUT2D eigenvalue weighted by Crippen LogP contribution is -2.43. The fraction of sp³-hybridized carbons (Fsp3) is 0.538. The van der Waals surface area contributed by atoms with E-state index in [1.165, 1.54) is 11.4 Å². The van der Waals surface area contributed by atoms with Gasteiger partial charge in [-0.3, -0.25) is 0 Å². The highest BCUT2D eigenvalue weighted by atomic mass is 35.5. The van der Waals surface area contributed by atoms with Crippen LogP contribution in [-0.2, 0) is 16.2 Å². The highest BCUT2D eigenvalue weighted by Crippen LogP contribution is 2.30. The number of sulfonamides is 1. The molecule has 1 saturated heterocycles. The molecule has 0 radical (unpaired) electrons. The lowest BCUT2D eigenvalue weighted by atomic mass is 10.1. The first-order chi connectivity index (χ1) is 9.73. The van der Waals surface area contributed by atoms with Gasteiger partial charge < -0.3 is 5.32 Å². The fourth-order valence-electron chi connectivity index (χ4n) is 2.35. The zero-order valence-electron chi connectivity index (χ0n) is 11.9. The molecular formula is C13H18ClF3N2O2S. The average molecular weight is 359 g/mol. The van der Waals surface area contributed by atoms with Crippen LogP contribution in [0.15, 0.2) is 29.2 Å². The van der Waals surface area contributed by atoms with Gasteiger partial charge in [-0.2, -0.15) is 17.5 Å². The van der Waals surface area contributed by atoms with Crippen molar-refractivity contribution in [3.05, 3.63) is 29.8 Å². The summed E-state index contributed by atoms with van der Waals surface area (Å²) in [5.41, 5.74) is -0.856. The number of nitrogens with one attached hydrogen (secondary N) is 1. The van der Waals surface area contributed by atoms with E-state index in [1.807, 2.05) is 0 Å². The minimum atomic E-state index is -4.47. The van der Waals surface area contributed by atoms with E-state index < -0.39 is 21.8 Å². The Morgan fingerprint density at radius 2 is 1.64 bits per heavy atom. The molecule has 1 aromatic carbocycles. The highest BCUT2D eigenvalue weighted by Gasteiger charge is 2.32. The molecule has 0 spiro atoms. The van der Waals surface area contributed by atoms with Gasteiger partial charge in [0.25, 0.3) is 0 Å². The Morgan fingerprint density at radius 1 is 1.14 bits per heavy atom. The van der Waals surface area contributed by atoms with E-state index in [-0.39, 0.29) is 23.3 Å². The summed E-state index contributed by atoms with van der Waals surface area (Å²) in [6, 6.07) is 3.48. The van der Waals surface area contributed by atoms with Crippen LogP contribution in [0.5, 0.6) is 0 Å². The van der Waals surface area contributed by atoms with Crippen molar-refractivity contribution in [1.29, 1.82) is 0 Å². The molecule has 1 aliphatic rings. The van der Waals surface area contributed by atoms with Crippen LogP contribution in [0.1, 0.15) is 18.4 Å². The number of hydrogen-bond acceptors (Lipinski definition) is 3. The molecule has 4 nitrogen and oxygen atoms in total. The molecule has 0 aliphatic carbocycles. The number of rotatable bonds is 3. The van der Waals surface area contributed by atoms with Crippen LogP contribution in [0.25, 0.3) is 0 Å². The number of nitrogens with zero attached hydrogens (tertiary/aromatic N) is 1. The molecule has 0 unspecified atom stereocenters. The first-order valence-corrected chi connectivity index (χ1v) is 8.03. The largest absolute Gasteiger partial charge is 0.416 e. The predicted octanol–water partition coefficient (Wildman–Crippen LogP) is 2.50. The molecule has 0 bridgehead atoms. The fourth-order valence-corrected chi connectivity index (χ4v) is 3.76. The van der Waals surface area contributed by atoms with E-state index in [1.54, 1.807) is 0 Å². The van der Waals surface area contributed by atoms with Gasteiger partial charge in [-0.1, -0.05) is 0 Å². The second-order valence-corrected chi connectivity index (χ2v) is 7.02. The quantitative estimate of drug-likeness (QED) is 0.903. The number of alkyl halides is 3. The Labute approximate surface area is 134 Å². The van der Waals surface area contributed by atoms with Crippen LogP contribution >= 0.6 is 12.4 Å². The third-order valence-corrected chi connectivity index (χ3v) is 5.61. The van der Waals surface area contributed by atoms with Gasteiger partial charge in [0, 0.05) is 13.1 Å². The molecule has 1 aliphatic heterocycles. The third-order valence-electron chi connectivity index (χ3n) is 3.68.